The Morgan fingerprint density at radius 3 is 2.91 bits per heavy atom. The van der Waals surface area contributed by atoms with Gasteiger partial charge in [-0.3, -0.25) is 9.20 Å². The Morgan fingerprint density at radius 2 is 2.03 bits per heavy atom. The number of hydrogen-bond donors (Lipinski definition) is 1. The number of fused-ring (bicyclic) bond motifs is 1. The van der Waals surface area contributed by atoms with E-state index in [9.17, 15) is 4.79 Å². The summed E-state index contributed by atoms with van der Waals surface area (Å²) >= 11 is 1.54. The minimum atomic E-state index is 0.0146. The Labute approximate surface area is 190 Å². The maximum Gasteiger partial charge on any atom is 0.274 e. The van der Waals surface area contributed by atoms with Gasteiger partial charge in [0.1, 0.15) is 0 Å². The van der Waals surface area contributed by atoms with E-state index in [2.05, 4.69) is 27.4 Å². The molecule has 0 radical (unpaired) electrons. The number of aromatic nitrogens is 3. The summed E-state index contributed by atoms with van der Waals surface area (Å²) in [6.45, 7) is 4.45. The van der Waals surface area contributed by atoms with Crippen LogP contribution in [0.4, 0.5) is 0 Å². The first-order valence-corrected chi connectivity index (χ1v) is 11.7. The average molecular weight is 451 g/mol. The molecule has 1 fully saturated rings. The normalized spacial score (nSPS) is 15.3. The highest BCUT2D eigenvalue weighted by Gasteiger charge is 2.25. The van der Waals surface area contributed by atoms with Crippen LogP contribution in [-0.2, 0) is 13.1 Å². The Balaban J connectivity index is 1.30. The molecule has 4 aromatic rings. The van der Waals surface area contributed by atoms with E-state index in [4.69, 9.17) is 4.52 Å². The van der Waals surface area contributed by atoms with Crippen molar-refractivity contribution in [1.82, 2.24) is 29.7 Å². The lowest BCUT2D eigenvalue weighted by molar-refractivity contribution is 0.0756. The van der Waals surface area contributed by atoms with Crippen molar-refractivity contribution in [2.45, 2.75) is 19.5 Å². The molecule has 0 unspecified atom stereocenters. The van der Waals surface area contributed by atoms with Crippen LogP contribution < -0.4 is 5.32 Å². The number of likely N-dealkylation sites (N-methyl/N-ethyl adjacent to an activating group) is 1. The van der Waals surface area contributed by atoms with Gasteiger partial charge in [-0.1, -0.05) is 35.5 Å². The minimum Gasteiger partial charge on any atom is -0.356 e. The predicted molar refractivity (Wildman–Crippen MR) is 124 cm³/mol. The van der Waals surface area contributed by atoms with Crippen LogP contribution >= 0.6 is 11.3 Å². The largest absolute Gasteiger partial charge is 0.356 e. The summed E-state index contributed by atoms with van der Waals surface area (Å²) in [5, 5.41) is 9.58. The van der Waals surface area contributed by atoms with Gasteiger partial charge in [0, 0.05) is 55.9 Å². The molecule has 0 aliphatic carbocycles. The molecule has 166 valence electrons. The highest BCUT2D eigenvalue weighted by Crippen LogP contribution is 2.21. The van der Waals surface area contributed by atoms with Gasteiger partial charge in [0.05, 0.1) is 11.4 Å². The van der Waals surface area contributed by atoms with Gasteiger partial charge in [-0.15, -0.1) is 11.3 Å². The standard InChI is InChI=1S/C23H26N6O2S/c1-27-8-5-9-28(11-10-27)22(30)21-19(29-12-13-32-23(29)25-21)16-24-15-18-14-20(31-26-18)17-6-3-2-4-7-17/h2-4,6-7,12-14,24H,5,8-11,15-16H2,1H3. The zero-order valence-electron chi connectivity index (χ0n) is 18.0. The van der Waals surface area contributed by atoms with E-state index in [1.54, 1.807) is 0 Å². The van der Waals surface area contributed by atoms with Crippen molar-refractivity contribution < 1.29 is 9.32 Å². The summed E-state index contributed by atoms with van der Waals surface area (Å²) in [4.78, 5) is 23.0. The SMILES string of the molecule is CN1CCCN(C(=O)c2nc3sccn3c2CNCc2cc(-c3ccccc3)on2)CC1. The van der Waals surface area contributed by atoms with Gasteiger partial charge in [0.25, 0.3) is 5.91 Å². The second-order valence-electron chi connectivity index (χ2n) is 8.06. The van der Waals surface area contributed by atoms with Crippen molar-refractivity contribution in [3.63, 3.8) is 0 Å². The van der Waals surface area contributed by atoms with Gasteiger partial charge >= 0.3 is 0 Å². The summed E-state index contributed by atoms with van der Waals surface area (Å²) in [5.74, 6) is 0.759. The highest BCUT2D eigenvalue weighted by atomic mass is 32.1. The zero-order chi connectivity index (χ0) is 21.9. The van der Waals surface area contributed by atoms with Crippen molar-refractivity contribution in [2.75, 3.05) is 33.2 Å². The van der Waals surface area contributed by atoms with E-state index in [0.29, 0.717) is 18.8 Å². The molecule has 0 saturated carbocycles. The molecule has 1 amide bonds. The third-order valence-electron chi connectivity index (χ3n) is 5.79. The molecule has 0 bridgehead atoms. The smallest absolute Gasteiger partial charge is 0.274 e. The Hall–Kier alpha value is -3.01. The van der Waals surface area contributed by atoms with Gasteiger partial charge in [-0.05, 0) is 20.0 Å². The molecule has 4 heterocycles. The Kier molecular flexibility index (Phi) is 6.02. The summed E-state index contributed by atoms with van der Waals surface area (Å²) < 4.78 is 7.49. The second kappa shape index (κ2) is 9.23. The van der Waals surface area contributed by atoms with Crippen LogP contribution in [0.3, 0.4) is 0 Å². The lowest BCUT2D eigenvalue weighted by Gasteiger charge is -2.20. The molecule has 5 rings (SSSR count). The third-order valence-corrected chi connectivity index (χ3v) is 6.54. The number of benzene rings is 1. The average Bonchev–Trinajstić information content (AvgIpc) is 3.50. The van der Waals surface area contributed by atoms with Crippen molar-refractivity contribution in [2.24, 2.45) is 0 Å². The van der Waals surface area contributed by atoms with Crippen LogP contribution in [0, 0.1) is 0 Å². The number of imidazole rings is 1. The van der Waals surface area contributed by atoms with Crippen LogP contribution in [0.2, 0.25) is 0 Å². The number of amides is 1. The monoisotopic (exact) mass is 450 g/mol. The van der Waals surface area contributed by atoms with Crippen LogP contribution in [0.5, 0.6) is 0 Å². The van der Waals surface area contributed by atoms with E-state index in [0.717, 1.165) is 60.3 Å². The van der Waals surface area contributed by atoms with E-state index >= 15 is 0 Å². The molecule has 1 saturated heterocycles. The molecule has 32 heavy (non-hydrogen) atoms. The fraction of sp³-hybridized carbons (Fsp3) is 0.348. The molecule has 0 atom stereocenters. The maximum absolute atomic E-state index is 13.3. The van der Waals surface area contributed by atoms with E-state index in [-0.39, 0.29) is 5.91 Å². The zero-order valence-corrected chi connectivity index (χ0v) is 18.8. The van der Waals surface area contributed by atoms with Crippen molar-refractivity contribution in [1.29, 1.82) is 0 Å². The van der Waals surface area contributed by atoms with Crippen LogP contribution in [0.1, 0.15) is 28.3 Å². The van der Waals surface area contributed by atoms with Crippen molar-refractivity contribution >= 4 is 22.2 Å². The van der Waals surface area contributed by atoms with Crippen LogP contribution in [0.15, 0.2) is 52.5 Å². The topological polar surface area (TPSA) is 78.9 Å². The summed E-state index contributed by atoms with van der Waals surface area (Å²) in [6.07, 6.45) is 2.95. The fourth-order valence-corrected chi connectivity index (χ4v) is 4.75. The third kappa shape index (κ3) is 4.32. The highest BCUT2D eigenvalue weighted by molar-refractivity contribution is 7.15. The Bertz CT molecular complexity index is 1200. The maximum atomic E-state index is 13.3. The fourth-order valence-electron chi connectivity index (χ4n) is 4.01. The molecular weight excluding hydrogens is 424 g/mol. The first-order chi connectivity index (χ1) is 15.7. The molecule has 1 aliphatic heterocycles. The lowest BCUT2D eigenvalue weighted by Crippen LogP contribution is -2.35. The molecular formula is C23H26N6O2S. The molecule has 1 aromatic carbocycles. The molecule has 1 aliphatic rings. The van der Waals surface area contributed by atoms with E-state index < -0.39 is 0 Å². The van der Waals surface area contributed by atoms with E-state index in [1.165, 1.54) is 11.3 Å². The van der Waals surface area contributed by atoms with Gasteiger partial charge in [0.15, 0.2) is 16.4 Å². The number of rotatable bonds is 6. The molecule has 0 spiro atoms. The molecule has 8 nitrogen and oxygen atoms in total. The number of nitrogens with zero attached hydrogens (tertiary/aromatic N) is 5. The van der Waals surface area contributed by atoms with Gasteiger partial charge in [0.2, 0.25) is 0 Å². The lowest BCUT2D eigenvalue weighted by atomic mass is 10.1. The summed E-state index contributed by atoms with van der Waals surface area (Å²) in [6, 6.07) is 11.9. The quantitative estimate of drug-likeness (QED) is 0.486. The summed E-state index contributed by atoms with van der Waals surface area (Å²) in [7, 11) is 2.10. The van der Waals surface area contributed by atoms with Crippen molar-refractivity contribution in [3.8, 4) is 11.3 Å². The number of carbonyl (C=O) groups excluding carboxylic acids is 1. The van der Waals surface area contributed by atoms with E-state index in [1.807, 2.05) is 57.3 Å². The van der Waals surface area contributed by atoms with Crippen molar-refractivity contribution in [3.05, 3.63) is 65.1 Å². The first-order valence-electron chi connectivity index (χ1n) is 10.8. The van der Waals surface area contributed by atoms with Gasteiger partial charge in [-0.25, -0.2) is 4.98 Å². The Morgan fingerprint density at radius 1 is 1.16 bits per heavy atom. The minimum absolute atomic E-state index is 0.0146. The first kappa shape index (κ1) is 20.9. The van der Waals surface area contributed by atoms with Gasteiger partial charge in [-0.2, -0.15) is 0 Å². The molecule has 9 heteroatoms. The number of thiazole rings is 1. The number of carbonyl (C=O) groups is 1. The number of nitrogens with one attached hydrogen (secondary N) is 1. The molecule has 1 N–H and O–H groups in total. The second-order valence-corrected chi connectivity index (χ2v) is 8.94. The van der Waals surface area contributed by atoms with Crippen LogP contribution in [0.25, 0.3) is 16.3 Å². The number of hydrogen-bond acceptors (Lipinski definition) is 7. The van der Waals surface area contributed by atoms with Gasteiger partial charge < -0.3 is 19.6 Å². The molecule has 3 aromatic heterocycles. The predicted octanol–water partition coefficient (Wildman–Crippen LogP) is 3.12. The summed E-state index contributed by atoms with van der Waals surface area (Å²) in [5.41, 5.74) is 3.24. The van der Waals surface area contributed by atoms with Crippen LogP contribution in [-0.4, -0.2) is 63.5 Å².